The van der Waals surface area contributed by atoms with E-state index in [0.29, 0.717) is 11.3 Å². The van der Waals surface area contributed by atoms with Crippen LogP contribution in [-0.2, 0) is 0 Å². The maximum Gasteiger partial charge on any atom is 0.343 e. The highest BCUT2D eigenvalue weighted by Gasteiger charge is 2.13. The molecule has 0 N–H and O–H groups in total. The second-order valence-electron chi connectivity index (χ2n) is 5.44. The van der Waals surface area contributed by atoms with Crippen LogP contribution in [0.4, 0.5) is 5.69 Å². The Hall–Kier alpha value is -2.29. The van der Waals surface area contributed by atoms with Crippen LogP contribution in [0, 0.1) is 6.92 Å². The molecule has 1 heterocycles. The van der Waals surface area contributed by atoms with Crippen molar-refractivity contribution in [3.05, 3.63) is 59.7 Å². The second kappa shape index (κ2) is 6.00. The molecule has 0 atom stereocenters. The van der Waals surface area contributed by atoms with Gasteiger partial charge in [-0.25, -0.2) is 4.79 Å². The molecule has 108 valence electrons. The van der Waals surface area contributed by atoms with Gasteiger partial charge in [0.05, 0.1) is 5.56 Å². The summed E-state index contributed by atoms with van der Waals surface area (Å²) in [5, 5.41) is 0. The molecule has 2 aromatic rings. The van der Waals surface area contributed by atoms with E-state index in [4.69, 9.17) is 4.74 Å². The van der Waals surface area contributed by atoms with Gasteiger partial charge in [-0.2, -0.15) is 0 Å². The number of carbonyl (C=O) groups excluding carboxylic acids is 1. The summed E-state index contributed by atoms with van der Waals surface area (Å²) in [5.41, 5.74) is 2.91. The van der Waals surface area contributed by atoms with Crippen molar-refractivity contribution in [2.75, 3.05) is 18.0 Å². The summed E-state index contributed by atoms with van der Waals surface area (Å²) in [4.78, 5) is 14.4. The van der Waals surface area contributed by atoms with E-state index >= 15 is 0 Å². The first kappa shape index (κ1) is 13.7. The number of esters is 1. The van der Waals surface area contributed by atoms with E-state index in [1.54, 1.807) is 0 Å². The van der Waals surface area contributed by atoms with Crippen molar-refractivity contribution >= 4 is 11.7 Å². The fourth-order valence-corrected chi connectivity index (χ4v) is 2.56. The number of hydrogen-bond donors (Lipinski definition) is 0. The summed E-state index contributed by atoms with van der Waals surface area (Å²) < 4.78 is 5.37. The molecule has 0 bridgehead atoms. The number of rotatable bonds is 3. The second-order valence-corrected chi connectivity index (χ2v) is 5.44. The van der Waals surface area contributed by atoms with Crippen LogP contribution in [0.15, 0.2) is 48.5 Å². The van der Waals surface area contributed by atoms with E-state index in [2.05, 4.69) is 4.90 Å². The van der Waals surface area contributed by atoms with E-state index in [-0.39, 0.29) is 5.97 Å². The fraction of sp³-hybridized carbons (Fsp3) is 0.278. The molecule has 0 unspecified atom stereocenters. The lowest BCUT2D eigenvalue weighted by Crippen LogP contribution is -2.17. The Balaban J connectivity index is 1.68. The zero-order chi connectivity index (χ0) is 14.7. The number of ether oxygens (including phenoxy) is 1. The Morgan fingerprint density at radius 1 is 0.952 bits per heavy atom. The Kier molecular flexibility index (Phi) is 3.91. The van der Waals surface area contributed by atoms with Gasteiger partial charge >= 0.3 is 5.97 Å². The molecule has 0 aliphatic carbocycles. The molecule has 1 aliphatic rings. The highest BCUT2D eigenvalue weighted by Crippen LogP contribution is 2.21. The first-order valence-electron chi connectivity index (χ1n) is 7.36. The Bertz CT molecular complexity index is 611. The van der Waals surface area contributed by atoms with Gasteiger partial charge in [-0.05, 0) is 56.2 Å². The van der Waals surface area contributed by atoms with Gasteiger partial charge in [0.2, 0.25) is 0 Å². The Labute approximate surface area is 125 Å². The normalized spacial score (nSPS) is 14.2. The number of nitrogens with zero attached hydrogens (tertiary/aromatic N) is 1. The van der Waals surface area contributed by atoms with E-state index in [1.165, 1.54) is 18.5 Å². The standard InChI is InChI=1S/C18H19NO2/c1-14-4-10-17(11-5-14)21-18(20)15-6-8-16(9-7-15)19-12-2-3-13-19/h4-11H,2-3,12-13H2,1H3. The van der Waals surface area contributed by atoms with Crippen molar-refractivity contribution in [3.63, 3.8) is 0 Å². The molecule has 2 aromatic carbocycles. The molecule has 1 fully saturated rings. The maximum absolute atomic E-state index is 12.1. The third-order valence-electron chi connectivity index (χ3n) is 3.81. The molecule has 0 amide bonds. The molecule has 21 heavy (non-hydrogen) atoms. The minimum atomic E-state index is -0.313. The smallest absolute Gasteiger partial charge is 0.343 e. The average molecular weight is 281 g/mol. The molecule has 0 spiro atoms. The first-order valence-corrected chi connectivity index (χ1v) is 7.36. The summed E-state index contributed by atoms with van der Waals surface area (Å²) in [7, 11) is 0. The molecule has 1 aliphatic heterocycles. The first-order chi connectivity index (χ1) is 10.2. The van der Waals surface area contributed by atoms with Crippen LogP contribution in [0.25, 0.3) is 0 Å². The summed E-state index contributed by atoms with van der Waals surface area (Å²) in [5.74, 6) is 0.265. The number of carbonyl (C=O) groups is 1. The number of aryl methyl sites for hydroxylation is 1. The van der Waals surface area contributed by atoms with Crippen LogP contribution >= 0.6 is 0 Å². The third-order valence-corrected chi connectivity index (χ3v) is 3.81. The van der Waals surface area contributed by atoms with Gasteiger partial charge in [-0.3, -0.25) is 0 Å². The molecule has 0 saturated carbocycles. The monoisotopic (exact) mass is 281 g/mol. The Morgan fingerprint density at radius 3 is 2.19 bits per heavy atom. The van der Waals surface area contributed by atoms with Crippen molar-refractivity contribution in [2.24, 2.45) is 0 Å². The SMILES string of the molecule is Cc1ccc(OC(=O)c2ccc(N3CCCC3)cc2)cc1. The molecule has 0 aromatic heterocycles. The van der Waals surface area contributed by atoms with Gasteiger partial charge < -0.3 is 9.64 Å². The van der Waals surface area contributed by atoms with E-state index in [0.717, 1.165) is 18.7 Å². The lowest BCUT2D eigenvalue weighted by atomic mass is 10.2. The highest BCUT2D eigenvalue weighted by atomic mass is 16.5. The topological polar surface area (TPSA) is 29.5 Å². The Morgan fingerprint density at radius 2 is 1.57 bits per heavy atom. The van der Waals surface area contributed by atoms with E-state index in [1.807, 2.05) is 55.5 Å². The van der Waals surface area contributed by atoms with Gasteiger partial charge in [-0.15, -0.1) is 0 Å². The van der Waals surface area contributed by atoms with Gasteiger partial charge in [0.25, 0.3) is 0 Å². The van der Waals surface area contributed by atoms with Crippen LogP contribution in [0.1, 0.15) is 28.8 Å². The lowest BCUT2D eigenvalue weighted by Gasteiger charge is -2.17. The summed E-state index contributed by atoms with van der Waals surface area (Å²) in [6.45, 7) is 4.21. The van der Waals surface area contributed by atoms with Crippen LogP contribution in [0.2, 0.25) is 0 Å². The molecule has 3 heteroatoms. The third kappa shape index (κ3) is 3.24. The zero-order valence-corrected chi connectivity index (χ0v) is 12.2. The van der Waals surface area contributed by atoms with Crippen LogP contribution in [0.3, 0.4) is 0 Å². The van der Waals surface area contributed by atoms with Crippen LogP contribution in [0.5, 0.6) is 5.75 Å². The molecular formula is C18H19NO2. The predicted octanol–water partition coefficient (Wildman–Crippen LogP) is 3.81. The zero-order valence-electron chi connectivity index (χ0n) is 12.2. The van der Waals surface area contributed by atoms with Gasteiger partial charge in [0, 0.05) is 18.8 Å². The quantitative estimate of drug-likeness (QED) is 0.633. The highest BCUT2D eigenvalue weighted by molar-refractivity contribution is 5.91. The van der Waals surface area contributed by atoms with Gasteiger partial charge in [0.15, 0.2) is 0 Å². The largest absolute Gasteiger partial charge is 0.423 e. The average Bonchev–Trinajstić information content (AvgIpc) is 3.04. The molecule has 1 saturated heterocycles. The van der Waals surface area contributed by atoms with Crippen LogP contribution < -0.4 is 9.64 Å². The summed E-state index contributed by atoms with van der Waals surface area (Å²) in [6.07, 6.45) is 2.49. The molecule has 3 nitrogen and oxygen atoms in total. The van der Waals surface area contributed by atoms with E-state index in [9.17, 15) is 4.79 Å². The number of anilines is 1. The van der Waals surface area contributed by atoms with Crippen molar-refractivity contribution in [3.8, 4) is 5.75 Å². The lowest BCUT2D eigenvalue weighted by molar-refractivity contribution is 0.0735. The van der Waals surface area contributed by atoms with Gasteiger partial charge in [0.1, 0.15) is 5.75 Å². The minimum absolute atomic E-state index is 0.313. The molecule has 0 radical (unpaired) electrons. The number of hydrogen-bond acceptors (Lipinski definition) is 3. The fourth-order valence-electron chi connectivity index (χ4n) is 2.56. The van der Waals surface area contributed by atoms with Crippen molar-refractivity contribution in [1.29, 1.82) is 0 Å². The van der Waals surface area contributed by atoms with Gasteiger partial charge in [-0.1, -0.05) is 17.7 Å². The predicted molar refractivity (Wildman–Crippen MR) is 84.0 cm³/mol. The van der Waals surface area contributed by atoms with E-state index < -0.39 is 0 Å². The summed E-state index contributed by atoms with van der Waals surface area (Å²) >= 11 is 0. The molecule has 3 rings (SSSR count). The van der Waals surface area contributed by atoms with Crippen molar-refractivity contribution in [2.45, 2.75) is 19.8 Å². The maximum atomic E-state index is 12.1. The minimum Gasteiger partial charge on any atom is -0.423 e. The van der Waals surface area contributed by atoms with Crippen molar-refractivity contribution < 1.29 is 9.53 Å². The number of benzene rings is 2. The summed E-state index contributed by atoms with van der Waals surface area (Å²) in [6, 6.07) is 15.2. The van der Waals surface area contributed by atoms with Crippen LogP contribution in [-0.4, -0.2) is 19.1 Å². The molecular weight excluding hydrogens is 262 g/mol. The van der Waals surface area contributed by atoms with Crippen molar-refractivity contribution in [1.82, 2.24) is 0 Å².